The molecule has 1 amide bonds. The van der Waals surface area contributed by atoms with Gasteiger partial charge in [-0.2, -0.15) is 18.4 Å². The largest absolute Gasteiger partial charge is 0.417 e. The van der Waals surface area contributed by atoms with E-state index in [1.165, 1.54) is 12.1 Å². The smallest absolute Gasteiger partial charge is 0.396 e. The number of nitrogens with zero attached hydrogens (tertiary/aromatic N) is 4. The average Bonchev–Trinajstić information content (AvgIpc) is 3.17. The number of alkyl halides is 3. The van der Waals surface area contributed by atoms with Gasteiger partial charge in [0.1, 0.15) is 0 Å². The van der Waals surface area contributed by atoms with Gasteiger partial charge in [-0.3, -0.25) is 9.78 Å². The topological polar surface area (TPSA) is 80.5 Å². The molecule has 4 rings (SSSR count). The molecule has 2 aliphatic rings. The third kappa shape index (κ3) is 4.67. The summed E-state index contributed by atoms with van der Waals surface area (Å²) in [4.78, 5) is 20.4. The fourth-order valence-corrected chi connectivity index (χ4v) is 5.10. The maximum Gasteiger partial charge on any atom is 0.417 e. The lowest BCUT2D eigenvalue weighted by Crippen LogP contribution is -2.47. The van der Waals surface area contributed by atoms with Crippen LogP contribution in [0.1, 0.15) is 29.5 Å². The monoisotopic (exact) mass is 458 g/mol. The van der Waals surface area contributed by atoms with Crippen molar-refractivity contribution in [3.8, 4) is 6.07 Å². The number of nitriles is 1. The van der Waals surface area contributed by atoms with Gasteiger partial charge in [0.2, 0.25) is 5.91 Å². The Kier molecular flexibility index (Phi) is 6.30. The van der Waals surface area contributed by atoms with E-state index in [1.54, 1.807) is 24.5 Å². The Balaban J connectivity index is 1.47. The highest BCUT2D eigenvalue weighted by molar-refractivity contribution is 5.78. The highest BCUT2D eigenvalue weighted by Gasteiger charge is 2.48. The van der Waals surface area contributed by atoms with Crippen LogP contribution in [0, 0.1) is 22.7 Å². The number of pyridine rings is 1. The Bertz CT molecular complexity index is 1040. The minimum Gasteiger partial charge on any atom is -0.396 e. The molecular formula is C24H25F3N4O2. The number of anilines is 1. The zero-order valence-corrected chi connectivity index (χ0v) is 18.1. The van der Waals surface area contributed by atoms with Gasteiger partial charge < -0.3 is 14.9 Å². The Morgan fingerprint density at radius 2 is 2.03 bits per heavy atom. The van der Waals surface area contributed by atoms with Crippen molar-refractivity contribution in [1.82, 2.24) is 9.88 Å². The van der Waals surface area contributed by atoms with Crippen molar-refractivity contribution in [3.05, 3.63) is 59.4 Å². The second-order valence-corrected chi connectivity index (χ2v) is 8.88. The lowest BCUT2D eigenvalue weighted by Gasteiger charge is -2.42. The maximum atomic E-state index is 13.4. The van der Waals surface area contributed by atoms with Crippen LogP contribution in [0.15, 0.2) is 42.7 Å². The molecule has 1 aromatic carbocycles. The fraction of sp³-hybridized carbons (Fsp3) is 0.458. The number of aromatic nitrogens is 1. The van der Waals surface area contributed by atoms with Crippen LogP contribution in [-0.4, -0.2) is 53.7 Å². The summed E-state index contributed by atoms with van der Waals surface area (Å²) in [6, 6.07) is 9.03. The number of amides is 1. The molecule has 1 spiro atoms. The summed E-state index contributed by atoms with van der Waals surface area (Å²) in [5.74, 6) is -0.0757. The van der Waals surface area contributed by atoms with Crippen LogP contribution in [0.3, 0.4) is 0 Å². The number of hydrogen-bond donors (Lipinski definition) is 1. The minimum atomic E-state index is -4.62. The predicted molar refractivity (Wildman–Crippen MR) is 115 cm³/mol. The number of piperidine rings is 1. The Labute approximate surface area is 190 Å². The second-order valence-electron chi connectivity index (χ2n) is 8.88. The molecule has 2 aromatic rings. The molecule has 1 N–H and O–H groups in total. The predicted octanol–water partition coefficient (Wildman–Crippen LogP) is 3.25. The van der Waals surface area contributed by atoms with Crippen molar-refractivity contribution in [2.75, 3.05) is 37.7 Å². The van der Waals surface area contributed by atoms with Gasteiger partial charge in [-0.1, -0.05) is 6.07 Å². The summed E-state index contributed by atoms with van der Waals surface area (Å²) in [5.41, 5.74) is -0.373. The van der Waals surface area contributed by atoms with E-state index < -0.39 is 17.3 Å². The molecule has 0 radical (unpaired) electrons. The van der Waals surface area contributed by atoms with Crippen LogP contribution >= 0.6 is 0 Å². The summed E-state index contributed by atoms with van der Waals surface area (Å²) in [5, 5.41) is 19.1. The lowest BCUT2D eigenvalue weighted by molar-refractivity contribution is -0.137. The number of rotatable bonds is 4. The first-order valence-corrected chi connectivity index (χ1v) is 10.9. The van der Waals surface area contributed by atoms with Crippen LogP contribution in [0.4, 0.5) is 18.9 Å². The Morgan fingerprint density at radius 3 is 2.64 bits per heavy atom. The van der Waals surface area contributed by atoms with Crippen LogP contribution in [0.25, 0.3) is 0 Å². The van der Waals surface area contributed by atoms with E-state index >= 15 is 0 Å². The van der Waals surface area contributed by atoms with Gasteiger partial charge in [0.15, 0.2) is 0 Å². The SMILES string of the molecule is N#Cc1ccc(N2CC(CO)C3(CCN(C(=O)Cc4cccnc4)CC3)C2)cc1C(F)(F)F. The summed E-state index contributed by atoms with van der Waals surface area (Å²) in [6.07, 6.45) is 0.348. The Morgan fingerprint density at radius 1 is 1.27 bits per heavy atom. The molecule has 1 atom stereocenters. The molecule has 174 valence electrons. The van der Waals surface area contributed by atoms with E-state index in [0.717, 1.165) is 11.6 Å². The summed E-state index contributed by atoms with van der Waals surface area (Å²) < 4.78 is 40.3. The normalized spacial score (nSPS) is 20.2. The van der Waals surface area contributed by atoms with Crippen molar-refractivity contribution in [1.29, 1.82) is 5.26 Å². The summed E-state index contributed by atoms with van der Waals surface area (Å²) >= 11 is 0. The molecule has 6 nitrogen and oxygen atoms in total. The summed E-state index contributed by atoms with van der Waals surface area (Å²) in [6.45, 7) is 1.97. The van der Waals surface area contributed by atoms with Crippen LogP contribution in [0.5, 0.6) is 0 Å². The standard InChI is InChI=1S/C24H25F3N4O2/c25-24(26,27)21-11-20(4-3-18(21)12-28)31-14-19(15-32)23(16-31)5-8-30(9-6-23)22(33)10-17-2-1-7-29-13-17/h1-4,7,11,13,19,32H,5-6,8-10,14-16H2. The van der Waals surface area contributed by atoms with Crippen molar-refractivity contribution in [2.24, 2.45) is 11.3 Å². The van der Waals surface area contributed by atoms with Gasteiger partial charge in [-0.15, -0.1) is 0 Å². The number of aliphatic hydroxyl groups is 1. The molecule has 9 heteroatoms. The van der Waals surface area contributed by atoms with Gasteiger partial charge in [0.05, 0.1) is 23.6 Å². The highest BCUT2D eigenvalue weighted by atomic mass is 19.4. The number of likely N-dealkylation sites (tertiary alicyclic amines) is 1. The van der Waals surface area contributed by atoms with E-state index in [2.05, 4.69) is 4.98 Å². The first-order valence-electron chi connectivity index (χ1n) is 10.9. The highest BCUT2D eigenvalue weighted by Crippen LogP contribution is 2.46. The van der Waals surface area contributed by atoms with Gasteiger partial charge in [-0.05, 0) is 48.1 Å². The van der Waals surface area contributed by atoms with Gasteiger partial charge in [0.25, 0.3) is 0 Å². The molecule has 1 aromatic heterocycles. The quantitative estimate of drug-likeness (QED) is 0.761. The van der Waals surface area contributed by atoms with Crippen LogP contribution in [-0.2, 0) is 17.4 Å². The van der Waals surface area contributed by atoms with E-state index in [9.17, 15) is 23.1 Å². The van der Waals surface area contributed by atoms with Gasteiger partial charge in [0, 0.05) is 56.8 Å². The molecule has 3 heterocycles. The maximum absolute atomic E-state index is 13.4. The van der Waals surface area contributed by atoms with Crippen LogP contribution in [0.2, 0.25) is 0 Å². The molecule has 2 aliphatic heterocycles. The third-order valence-electron chi connectivity index (χ3n) is 7.02. The number of aliphatic hydroxyl groups excluding tert-OH is 1. The van der Waals surface area contributed by atoms with Gasteiger partial charge in [-0.25, -0.2) is 0 Å². The molecule has 33 heavy (non-hydrogen) atoms. The van der Waals surface area contributed by atoms with Gasteiger partial charge >= 0.3 is 6.18 Å². The first-order chi connectivity index (χ1) is 15.8. The molecule has 2 fully saturated rings. The number of halogens is 3. The molecule has 2 saturated heterocycles. The third-order valence-corrected chi connectivity index (χ3v) is 7.02. The second kappa shape index (κ2) is 9.02. The molecule has 0 bridgehead atoms. The number of benzene rings is 1. The zero-order chi connectivity index (χ0) is 23.6. The van der Waals surface area contributed by atoms with E-state index in [4.69, 9.17) is 5.26 Å². The van der Waals surface area contributed by atoms with E-state index in [0.29, 0.717) is 44.7 Å². The van der Waals surface area contributed by atoms with E-state index in [1.807, 2.05) is 15.9 Å². The minimum absolute atomic E-state index is 0.0233. The fourth-order valence-electron chi connectivity index (χ4n) is 5.10. The van der Waals surface area contributed by atoms with E-state index in [-0.39, 0.29) is 30.3 Å². The average molecular weight is 458 g/mol. The molecule has 0 saturated carbocycles. The molecule has 0 aliphatic carbocycles. The number of carbonyl (C=O) groups is 1. The molecular weight excluding hydrogens is 433 g/mol. The van der Waals surface area contributed by atoms with Crippen molar-refractivity contribution < 1.29 is 23.1 Å². The lowest BCUT2D eigenvalue weighted by atomic mass is 9.71. The first kappa shape index (κ1) is 23.1. The molecule has 1 unspecified atom stereocenters. The zero-order valence-electron chi connectivity index (χ0n) is 18.1. The van der Waals surface area contributed by atoms with Crippen LogP contribution < -0.4 is 4.90 Å². The van der Waals surface area contributed by atoms with Crippen molar-refractivity contribution in [3.63, 3.8) is 0 Å². The number of carbonyl (C=O) groups excluding carboxylic acids is 1. The van der Waals surface area contributed by atoms with Crippen molar-refractivity contribution in [2.45, 2.75) is 25.4 Å². The number of hydrogen-bond acceptors (Lipinski definition) is 5. The summed E-state index contributed by atoms with van der Waals surface area (Å²) in [7, 11) is 0. The Hall–Kier alpha value is -3.12. The van der Waals surface area contributed by atoms with Crippen molar-refractivity contribution >= 4 is 11.6 Å².